The van der Waals surface area contributed by atoms with Gasteiger partial charge in [-0.25, -0.2) is 13.8 Å². The normalized spacial score (nSPS) is 20.9. The van der Waals surface area contributed by atoms with Crippen molar-refractivity contribution in [2.24, 2.45) is 15.0 Å². The largest absolute Gasteiger partial charge is 0.508 e. The number of aliphatic hydroxyl groups is 1. The van der Waals surface area contributed by atoms with Gasteiger partial charge in [-0.3, -0.25) is 9.98 Å². The van der Waals surface area contributed by atoms with Crippen molar-refractivity contribution in [3.8, 4) is 18.1 Å². The molecule has 0 aliphatic carbocycles. The van der Waals surface area contributed by atoms with Crippen LogP contribution in [0.1, 0.15) is 24.0 Å². The fraction of sp³-hybridized carbons (Fsp3) is 0.269. The Morgan fingerprint density at radius 2 is 2.17 bits per heavy atom. The number of methoxy groups -OCH3 is 1. The zero-order valence-electron chi connectivity index (χ0n) is 19.1. The molecule has 0 aromatic heterocycles. The van der Waals surface area contributed by atoms with Gasteiger partial charge >= 0.3 is 0 Å². The van der Waals surface area contributed by atoms with Crippen LogP contribution in [0, 0.1) is 18.2 Å². The summed E-state index contributed by atoms with van der Waals surface area (Å²) in [7, 11) is 1.42. The number of likely N-dealkylation sites (tertiary alicyclic amines) is 1. The van der Waals surface area contributed by atoms with Crippen molar-refractivity contribution in [1.29, 1.82) is 0 Å². The van der Waals surface area contributed by atoms with E-state index in [0.717, 1.165) is 6.42 Å². The molecule has 9 heteroatoms. The van der Waals surface area contributed by atoms with Crippen LogP contribution >= 0.6 is 0 Å². The van der Waals surface area contributed by atoms with Gasteiger partial charge < -0.3 is 19.8 Å². The van der Waals surface area contributed by atoms with Crippen LogP contribution < -0.4 is 0 Å². The van der Waals surface area contributed by atoms with E-state index in [-0.39, 0.29) is 46.0 Å². The first-order chi connectivity index (χ1) is 16.9. The Kier molecular flexibility index (Phi) is 7.05. The molecular formula is C26H24F2N4O3. The molecule has 0 saturated carbocycles. The minimum absolute atomic E-state index is 0.0690. The van der Waals surface area contributed by atoms with Gasteiger partial charge in [0.2, 0.25) is 0 Å². The number of aliphatic imine (C=N–C) groups is 3. The summed E-state index contributed by atoms with van der Waals surface area (Å²) in [5.41, 5.74) is 0.0516. The second-order valence-electron chi connectivity index (χ2n) is 8.14. The zero-order chi connectivity index (χ0) is 25.1. The first-order valence-corrected chi connectivity index (χ1v) is 10.9. The third-order valence-corrected chi connectivity index (χ3v) is 5.88. The van der Waals surface area contributed by atoms with Gasteiger partial charge in [0.15, 0.2) is 5.83 Å². The van der Waals surface area contributed by atoms with Gasteiger partial charge in [0, 0.05) is 37.4 Å². The Bertz CT molecular complexity index is 1350. The molecule has 2 aliphatic rings. The highest BCUT2D eigenvalue weighted by Crippen LogP contribution is 2.38. The molecule has 35 heavy (non-hydrogen) atoms. The molecule has 180 valence electrons. The Hall–Kier alpha value is -3.87. The molecular weight excluding hydrogens is 454 g/mol. The van der Waals surface area contributed by atoms with E-state index in [9.17, 15) is 14.6 Å². The fourth-order valence-electron chi connectivity index (χ4n) is 4.37. The number of benzene rings is 2. The monoisotopic (exact) mass is 478 g/mol. The molecule has 2 aromatic carbocycles. The predicted octanol–water partition coefficient (Wildman–Crippen LogP) is 3.80. The highest BCUT2D eigenvalue weighted by molar-refractivity contribution is 6.29. The number of ether oxygens (including phenoxy) is 1. The lowest BCUT2D eigenvalue weighted by Gasteiger charge is -2.33. The van der Waals surface area contributed by atoms with Crippen LogP contribution in [0.4, 0.5) is 8.78 Å². The van der Waals surface area contributed by atoms with Crippen molar-refractivity contribution >= 4 is 35.1 Å². The Morgan fingerprint density at radius 1 is 1.37 bits per heavy atom. The summed E-state index contributed by atoms with van der Waals surface area (Å²) in [6, 6.07) is 5.34. The third-order valence-electron chi connectivity index (χ3n) is 5.88. The predicted molar refractivity (Wildman–Crippen MR) is 133 cm³/mol. The average Bonchev–Trinajstić information content (AvgIpc) is 2.84. The van der Waals surface area contributed by atoms with Crippen molar-refractivity contribution in [3.05, 3.63) is 58.4 Å². The van der Waals surface area contributed by atoms with Gasteiger partial charge in [0.25, 0.3) is 0 Å². The molecule has 1 fully saturated rings. The van der Waals surface area contributed by atoms with E-state index in [0.29, 0.717) is 30.7 Å². The van der Waals surface area contributed by atoms with E-state index in [2.05, 4.69) is 27.6 Å². The number of phenolic OH excluding ortho intramolecular Hbond substituents is 1. The summed E-state index contributed by atoms with van der Waals surface area (Å²) in [5.74, 6) is 1.01. The number of hydrogen-bond acceptors (Lipinski definition) is 7. The number of hydrogen-bond donors (Lipinski definition) is 2. The number of nitrogens with zero attached hydrogens (tertiary/aromatic N) is 4. The van der Waals surface area contributed by atoms with Crippen molar-refractivity contribution in [2.45, 2.75) is 18.9 Å². The summed E-state index contributed by atoms with van der Waals surface area (Å²) in [6.07, 6.45) is 7.79. The minimum Gasteiger partial charge on any atom is -0.508 e. The molecule has 1 atom stereocenters. The highest BCUT2D eigenvalue weighted by atomic mass is 19.1. The lowest BCUT2D eigenvalue weighted by atomic mass is 9.94. The molecule has 1 saturated heterocycles. The van der Waals surface area contributed by atoms with Crippen LogP contribution in [0.15, 0.2) is 56.5 Å². The molecule has 4 rings (SSSR count). The number of aromatic hydroxyl groups is 1. The molecule has 2 N–H and O–H groups in total. The van der Waals surface area contributed by atoms with Crippen molar-refractivity contribution in [1.82, 2.24) is 4.90 Å². The lowest BCUT2D eigenvalue weighted by Crippen LogP contribution is -2.38. The summed E-state index contributed by atoms with van der Waals surface area (Å²) in [5, 5.41) is 21.1. The van der Waals surface area contributed by atoms with Crippen LogP contribution in [0.5, 0.6) is 5.75 Å². The Morgan fingerprint density at radius 3 is 2.86 bits per heavy atom. The Balaban J connectivity index is 1.95. The maximum absolute atomic E-state index is 16.1. The molecule has 2 heterocycles. The van der Waals surface area contributed by atoms with Crippen molar-refractivity contribution in [3.63, 3.8) is 0 Å². The maximum Gasteiger partial charge on any atom is 0.175 e. The van der Waals surface area contributed by atoms with Crippen LogP contribution in [-0.4, -0.2) is 66.8 Å². The lowest BCUT2D eigenvalue weighted by molar-refractivity contribution is 0.0874. The smallest absolute Gasteiger partial charge is 0.175 e. The van der Waals surface area contributed by atoms with Crippen LogP contribution in [0.3, 0.4) is 0 Å². The quantitative estimate of drug-likeness (QED) is 0.505. The molecule has 1 unspecified atom stereocenters. The Labute approximate surface area is 201 Å². The number of β-amino-alcohol motifs (C(OH)–C–C–N with tert-alkyl or cyclic N) is 1. The number of halogens is 2. The van der Waals surface area contributed by atoms with Gasteiger partial charge in [-0.1, -0.05) is 12.0 Å². The van der Waals surface area contributed by atoms with E-state index < -0.39 is 17.7 Å². The highest BCUT2D eigenvalue weighted by Gasteiger charge is 2.29. The number of terminal acetylenes is 1. The van der Waals surface area contributed by atoms with E-state index in [4.69, 9.17) is 11.2 Å². The van der Waals surface area contributed by atoms with Gasteiger partial charge in [-0.05, 0) is 43.1 Å². The van der Waals surface area contributed by atoms with Crippen LogP contribution in [0.2, 0.25) is 0 Å². The number of phenols is 1. The summed E-state index contributed by atoms with van der Waals surface area (Å²) in [6.45, 7) is 4.38. The van der Waals surface area contributed by atoms with Crippen LogP contribution in [0.25, 0.3) is 16.5 Å². The van der Waals surface area contributed by atoms with Crippen LogP contribution in [-0.2, 0) is 4.74 Å². The summed E-state index contributed by atoms with van der Waals surface area (Å²) < 4.78 is 35.6. The molecule has 0 amide bonds. The summed E-state index contributed by atoms with van der Waals surface area (Å²) >= 11 is 0. The van der Waals surface area contributed by atoms with Gasteiger partial charge in [-0.2, -0.15) is 0 Å². The van der Waals surface area contributed by atoms with E-state index >= 15 is 4.39 Å². The molecule has 0 radical (unpaired) electrons. The molecule has 7 nitrogen and oxygen atoms in total. The van der Waals surface area contributed by atoms with Crippen molar-refractivity contribution in [2.75, 3.05) is 26.9 Å². The SMILES string of the molecule is C#Cc1c(F)ccc2cc(O)cc(C3=C(F)C(=N/COC)/C(=C(\N=C)N4CCCC(O)C4)C=N3)c12. The van der Waals surface area contributed by atoms with Crippen molar-refractivity contribution < 1.29 is 23.7 Å². The number of rotatable bonds is 5. The molecule has 0 bridgehead atoms. The zero-order valence-corrected chi connectivity index (χ0v) is 19.1. The number of allylic oxidation sites excluding steroid dienone is 2. The van der Waals surface area contributed by atoms with Gasteiger partial charge in [0.1, 0.15) is 35.5 Å². The topological polar surface area (TPSA) is 90.0 Å². The van der Waals surface area contributed by atoms with Gasteiger partial charge in [0.05, 0.1) is 17.2 Å². The number of piperidine rings is 1. The van der Waals surface area contributed by atoms with Gasteiger partial charge in [-0.15, -0.1) is 6.42 Å². The third kappa shape index (κ3) is 4.58. The minimum atomic E-state index is -0.822. The fourth-order valence-corrected chi connectivity index (χ4v) is 4.37. The first kappa shape index (κ1) is 24.3. The maximum atomic E-state index is 16.1. The number of fused-ring (bicyclic) bond motifs is 1. The van der Waals surface area contributed by atoms with E-state index in [1.54, 1.807) is 4.90 Å². The molecule has 0 spiro atoms. The second kappa shape index (κ2) is 10.2. The molecule has 2 aromatic rings. The number of aliphatic hydroxyl groups excluding tert-OH is 1. The standard InChI is InChI=1S/C26H24F2N4O3/c1-4-18-21(27)8-7-15-10-17(34)11-19(22(15)18)24-23(28)25(31-14-35-3)20(12-30-24)26(29-2)32-9-5-6-16(33)13-32/h1,7-8,10-12,16,33-34H,2,5-6,9,13-14H2,3H3/b26-20+,31-25+. The summed E-state index contributed by atoms with van der Waals surface area (Å²) in [4.78, 5) is 14.5. The first-order valence-electron chi connectivity index (χ1n) is 10.9. The average molecular weight is 478 g/mol. The van der Waals surface area contributed by atoms with E-state index in [1.807, 2.05) is 0 Å². The second-order valence-corrected chi connectivity index (χ2v) is 8.14. The van der Waals surface area contributed by atoms with E-state index in [1.165, 1.54) is 37.6 Å². The molecule has 2 aliphatic heterocycles.